The van der Waals surface area contributed by atoms with Crippen molar-refractivity contribution in [2.45, 2.75) is 0 Å². The SMILES string of the molecule is Clc1cnc(Nc2ccccc2-c2ccccc2)c(Br)c1. The van der Waals surface area contributed by atoms with Crippen LogP contribution in [-0.4, -0.2) is 4.98 Å². The Hall–Kier alpha value is -1.84. The molecular weight excluding hydrogens is 348 g/mol. The molecule has 1 heterocycles. The third kappa shape index (κ3) is 3.26. The van der Waals surface area contributed by atoms with Crippen LogP contribution < -0.4 is 5.32 Å². The number of rotatable bonds is 3. The number of para-hydroxylation sites is 1. The maximum Gasteiger partial charge on any atom is 0.144 e. The molecule has 1 N–H and O–H groups in total. The average molecular weight is 360 g/mol. The van der Waals surface area contributed by atoms with Crippen molar-refractivity contribution >= 4 is 39.0 Å². The highest BCUT2D eigenvalue weighted by molar-refractivity contribution is 9.10. The molecule has 0 aliphatic rings. The lowest BCUT2D eigenvalue weighted by Gasteiger charge is -2.12. The predicted molar refractivity (Wildman–Crippen MR) is 92.1 cm³/mol. The molecule has 3 aromatic rings. The maximum absolute atomic E-state index is 5.93. The molecule has 2 aromatic carbocycles. The van der Waals surface area contributed by atoms with E-state index in [4.69, 9.17) is 11.6 Å². The van der Waals surface area contributed by atoms with Gasteiger partial charge in [-0.15, -0.1) is 0 Å². The summed E-state index contributed by atoms with van der Waals surface area (Å²) in [5, 5.41) is 3.95. The predicted octanol–water partition coefficient (Wildman–Crippen LogP) is 5.91. The fourth-order valence-corrected chi connectivity index (χ4v) is 2.83. The van der Waals surface area contributed by atoms with Crippen LogP contribution in [0.15, 0.2) is 71.3 Å². The molecule has 0 amide bonds. The number of nitrogens with one attached hydrogen (secondary N) is 1. The molecule has 2 nitrogen and oxygen atoms in total. The molecule has 0 saturated carbocycles. The van der Waals surface area contributed by atoms with E-state index < -0.39 is 0 Å². The Kier molecular flexibility index (Phi) is 4.23. The third-order valence-corrected chi connectivity index (χ3v) is 3.88. The van der Waals surface area contributed by atoms with Gasteiger partial charge in [-0.1, -0.05) is 60.1 Å². The number of anilines is 2. The van der Waals surface area contributed by atoms with Crippen molar-refractivity contribution in [3.05, 3.63) is 76.4 Å². The second kappa shape index (κ2) is 6.29. The zero-order valence-electron chi connectivity index (χ0n) is 11.1. The molecule has 0 aliphatic carbocycles. The van der Waals surface area contributed by atoms with Crippen LogP contribution in [0.25, 0.3) is 11.1 Å². The first-order valence-corrected chi connectivity index (χ1v) is 7.63. The summed E-state index contributed by atoms with van der Waals surface area (Å²) in [5.74, 6) is 0.739. The van der Waals surface area contributed by atoms with E-state index >= 15 is 0 Å². The van der Waals surface area contributed by atoms with Crippen molar-refractivity contribution in [1.82, 2.24) is 4.98 Å². The van der Waals surface area contributed by atoms with Gasteiger partial charge in [-0.25, -0.2) is 4.98 Å². The summed E-state index contributed by atoms with van der Waals surface area (Å²) in [7, 11) is 0. The lowest BCUT2D eigenvalue weighted by molar-refractivity contribution is 1.29. The van der Waals surface area contributed by atoms with E-state index in [2.05, 4.69) is 44.4 Å². The summed E-state index contributed by atoms with van der Waals surface area (Å²) in [6.45, 7) is 0. The maximum atomic E-state index is 5.93. The lowest BCUT2D eigenvalue weighted by atomic mass is 10.0. The zero-order chi connectivity index (χ0) is 14.7. The van der Waals surface area contributed by atoms with Crippen molar-refractivity contribution in [1.29, 1.82) is 0 Å². The molecule has 104 valence electrons. The van der Waals surface area contributed by atoms with Crippen LogP contribution >= 0.6 is 27.5 Å². The summed E-state index contributed by atoms with van der Waals surface area (Å²) < 4.78 is 0.831. The number of halogens is 2. The highest BCUT2D eigenvalue weighted by Gasteiger charge is 2.07. The van der Waals surface area contributed by atoms with Gasteiger partial charge in [0.1, 0.15) is 5.82 Å². The van der Waals surface area contributed by atoms with E-state index in [9.17, 15) is 0 Å². The van der Waals surface area contributed by atoms with E-state index in [0.717, 1.165) is 27.1 Å². The minimum Gasteiger partial charge on any atom is -0.339 e. The first-order chi connectivity index (χ1) is 10.2. The van der Waals surface area contributed by atoms with Crippen molar-refractivity contribution in [2.75, 3.05) is 5.32 Å². The Morgan fingerprint density at radius 3 is 2.43 bits per heavy atom. The zero-order valence-corrected chi connectivity index (χ0v) is 13.4. The molecule has 0 unspecified atom stereocenters. The second-order valence-electron chi connectivity index (χ2n) is 4.52. The van der Waals surface area contributed by atoms with Crippen LogP contribution in [-0.2, 0) is 0 Å². The number of hydrogen-bond donors (Lipinski definition) is 1. The summed E-state index contributed by atoms with van der Waals surface area (Å²) in [5.41, 5.74) is 3.28. The summed E-state index contributed by atoms with van der Waals surface area (Å²) in [4.78, 5) is 4.32. The molecule has 0 aliphatic heterocycles. The molecule has 0 radical (unpaired) electrons. The molecule has 3 rings (SSSR count). The monoisotopic (exact) mass is 358 g/mol. The molecule has 21 heavy (non-hydrogen) atoms. The Morgan fingerprint density at radius 2 is 1.67 bits per heavy atom. The topological polar surface area (TPSA) is 24.9 Å². The molecule has 0 fully saturated rings. The quantitative estimate of drug-likeness (QED) is 0.629. The van der Waals surface area contributed by atoms with E-state index in [1.165, 1.54) is 0 Å². The van der Waals surface area contributed by atoms with Gasteiger partial charge in [-0.2, -0.15) is 0 Å². The molecule has 0 atom stereocenters. The summed E-state index contributed by atoms with van der Waals surface area (Å²) in [6, 6.07) is 20.2. The Morgan fingerprint density at radius 1 is 0.952 bits per heavy atom. The van der Waals surface area contributed by atoms with Crippen molar-refractivity contribution in [2.24, 2.45) is 0 Å². The normalized spacial score (nSPS) is 10.4. The molecule has 1 aromatic heterocycles. The van der Waals surface area contributed by atoms with Crippen molar-refractivity contribution in [3.8, 4) is 11.1 Å². The average Bonchev–Trinajstić information content (AvgIpc) is 2.51. The fourth-order valence-electron chi connectivity index (χ4n) is 2.10. The van der Waals surface area contributed by atoms with Gasteiger partial charge < -0.3 is 5.32 Å². The van der Waals surface area contributed by atoms with Gasteiger partial charge in [-0.05, 0) is 33.6 Å². The van der Waals surface area contributed by atoms with Gasteiger partial charge in [0.05, 0.1) is 9.50 Å². The number of nitrogens with zero attached hydrogens (tertiary/aromatic N) is 1. The van der Waals surface area contributed by atoms with Crippen LogP contribution in [0.2, 0.25) is 5.02 Å². The van der Waals surface area contributed by atoms with E-state index in [0.29, 0.717) is 5.02 Å². The molecule has 0 bridgehead atoms. The Bertz CT molecular complexity index is 760. The highest BCUT2D eigenvalue weighted by Crippen LogP contribution is 2.32. The lowest BCUT2D eigenvalue weighted by Crippen LogP contribution is -1.96. The van der Waals surface area contributed by atoms with Gasteiger partial charge >= 0.3 is 0 Å². The highest BCUT2D eigenvalue weighted by atomic mass is 79.9. The minimum absolute atomic E-state index is 0.601. The van der Waals surface area contributed by atoms with Gasteiger partial charge in [0.2, 0.25) is 0 Å². The molecular formula is C17H12BrClN2. The van der Waals surface area contributed by atoms with E-state index in [-0.39, 0.29) is 0 Å². The van der Waals surface area contributed by atoms with E-state index in [1.807, 2.05) is 42.5 Å². The third-order valence-electron chi connectivity index (χ3n) is 3.07. The number of aromatic nitrogens is 1. The van der Waals surface area contributed by atoms with Gasteiger partial charge in [0.25, 0.3) is 0 Å². The number of pyridine rings is 1. The Balaban J connectivity index is 2.00. The van der Waals surface area contributed by atoms with Crippen LogP contribution in [0.3, 0.4) is 0 Å². The van der Waals surface area contributed by atoms with E-state index in [1.54, 1.807) is 6.20 Å². The first kappa shape index (κ1) is 14.1. The van der Waals surface area contributed by atoms with Gasteiger partial charge in [0.15, 0.2) is 0 Å². The van der Waals surface area contributed by atoms with Crippen molar-refractivity contribution in [3.63, 3.8) is 0 Å². The standard InChI is InChI=1S/C17H12BrClN2/c18-15-10-13(19)11-20-17(15)21-16-9-5-4-8-14(16)12-6-2-1-3-7-12/h1-11H,(H,20,21). The van der Waals surface area contributed by atoms with Crippen LogP contribution in [0, 0.1) is 0 Å². The van der Waals surface area contributed by atoms with Crippen LogP contribution in [0.5, 0.6) is 0 Å². The van der Waals surface area contributed by atoms with Gasteiger partial charge in [-0.3, -0.25) is 0 Å². The van der Waals surface area contributed by atoms with Crippen LogP contribution in [0.1, 0.15) is 0 Å². The Labute approximate surface area is 136 Å². The number of benzene rings is 2. The smallest absolute Gasteiger partial charge is 0.144 e. The summed E-state index contributed by atoms with van der Waals surface area (Å²) in [6.07, 6.45) is 1.62. The molecule has 0 saturated heterocycles. The van der Waals surface area contributed by atoms with Crippen molar-refractivity contribution < 1.29 is 0 Å². The first-order valence-electron chi connectivity index (χ1n) is 6.46. The largest absolute Gasteiger partial charge is 0.339 e. The molecule has 0 spiro atoms. The number of hydrogen-bond acceptors (Lipinski definition) is 2. The van der Waals surface area contributed by atoms with Crippen LogP contribution in [0.4, 0.5) is 11.5 Å². The fraction of sp³-hybridized carbons (Fsp3) is 0. The summed E-state index contributed by atoms with van der Waals surface area (Å²) >= 11 is 9.40. The second-order valence-corrected chi connectivity index (χ2v) is 5.81. The molecule has 4 heteroatoms. The minimum atomic E-state index is 0.601. The van der Waals surface area contributed by atoms with Gasteiger partial charge in [0, 0.05) is 17.4 Å².